The smallest absolute Gasteiger partial charge is 0.271 e. The zero-order valence-corrected chi connectivity index (χ0v) is 24.3. The fraction of sp³-hybridized carbons (Fsp3) is 0.433. The van der Waals surface area contributed by atoms with Gasteiger partial charge in [-0.05, 0) is 50.2 Å². The van der Waals surface area contributed by atoms with Crippen molar-refractivity contribution in [1.82, 2.24) is 34.7 Å². The molecule has 0 radical (unpaired) electrons. The number of likely N-dealkylation sites (N-methyl/N-ethyl adjacent to an activating group) is 1. The van der Waals surface area contributed by atoms with Crippen molar-refractivity contribution in [3.63, 3.8) is 0 Å². The molecule has 43 heavy (non-hydrogen) atoms. The number of primary amides is 1. The van der Waals surface area contributed by atoms with Crippen LogP contribution in [0.5, 0.6) is 0 Å². The monoisotopic (exact) mass is 583 g/mol. The van der Waals surface area contributed by atoms with E-state index in [0.717, 1.165) is 31.9 Å². The standard InChI is InChI=1S/C30H37N11O2/c1-39-12-14-41(15-13-39)22-7-10-40(11-8-22)21-4-2-19(3-5-21)35-30-26(27(31)42)37-25(29(38-30)36-20-16-43-17-20)23-6-9-32-28-24(23)33-18-34-28/h2-6,9,18,20,22H,7-8,10-17H2,1H3,(H2,31,42)(H,32,33,34)(H2,35,36,38). The van der Waals surface area contributed by atoms with Crippen LogP contribution in [0, 0.1) is 0 Å². The predicted octanol–water partition coefficient (Wildman–Crippen LogP) is 2.28. The lowest BCUT2D eigenvalue weighted by molar-refractivity contribution is 0.0209. The van der Waals surface area contributed by atoms with Crippen molar-refractivity contribution in [3.05, 3.63) is 48.5 Å². The van der Waals surface area contributed by atoms with Gasteiger partial charge in [0.15, 0.2) is 23.0 Å². The summed E-state index contributed by atoms with van der Waals surface area (Å²) in [5, 5.41) is 6.71. The van der Waals surface area contributed by atoms with Crippen LogP contribution in [0.15, 0.2) is 42.9 Å². The molecule has 3 aromatic heterocycles. The minimum absolute atomic E-state index is 0.0462. The average Bonchev–Trinajstić information content (AvgIpc) is 3.49. The average molecular weight is 584 g/mol. The fourth-order valence-corrected chi connectivity index (χ4v) is 6.11. The number of nitrogens with one attached hydrogen (secondary N) is 3. The van der Waals surface area contributed by atoms with Crippen LogP contribution in [0.25, 0.3) is 22.4 Å². The van der Waals surface area contributed by atoms with Crippen molar-refractivity contribution >= 4 is 40.1 Å². The van der Waals surface area contributed by atoms with Crippen LogP contribution in [-0.4, -0.2) is 112 Å². The highest BCUT2D eigenvalue weighted by atomic mass is 16.5. The summed E-state index contributed by atoms with van der Waals surface area (Å²) in [6.45, 7) is 7.85. The molecule has 1 amide bonds. The second kappa shape index (κ2) is 11.7. The van der Waals surface area contributed by atoms with Gasteiger partial charge in [-0.3, -0.25) is 9.69 Å². The van der Waals surface area contributed by atoms with E-state index < -0.39 is 5.91 Å². The number of piperidine rings is 1. The molecule has 0 bridgehead atoms. The first-order chi connectivity index (χ1) is 21.0. The molecule has 3 fully saturated rings. The molecule has 13 nitrogen and oxygen atoms in total. The minimum atomic E-state index is -0.676. The molecule has 0 aliphatic carbocycles. The van der Waals surface area contributed by atoms with Gasteiger partial charge in [0.05, 0.1) is 31.1 Å². The molecule has 0 atom stereocenters. The van der Waals surface area contributed by atoms with Crippen molar-refractivity contribution in [2.24, 2.45) is 5.73 Å². The van der Waals surface area contributed by atoms with E-state index in [-0.39, 0.29) is 17.6 Å². The fourth-order valence-electron chi connectivity index (χ4n) is 6.11. The Hall–Kier alpha value is -4.33. The molecule has 0 saturated carbocycles. The number of carbonyl (C=O) groups excluding carboxylic acids is 1. The van der Waals surface area contributed by atoms with E-state index in [1.807, 2.05) is 18.2 Å². The third kappa shape index (κ3) is 5.70. The molecule has 4 aromatic rings. The predicted molar refractivity (Wildman–Crippen MR) is 166 cm³/mol. The van der Waals surface area contributed by atoms with E-state index in [0.29, 0.717) is 47.5 Å². The van der Waals surface area contributed by atoms with Gasteiger partial charge < -0.3 is 35.9 Å². The third-order valence-electron chi connectivity index (χ3n) is 8.70. The maximum atomic E-state index is 12.6. The Kier molecular flexibility index (Phi) is 7.51. The van der Waals surface area contributed by atoms with Crippen LogP contribution in [-0.2, 0) is 4.74 Å². The van der Waals surface area contributed by atoms with Gasteiger partial charge in [-0.1, -0.05) is 0 Å². The number of aromatic amines is 1. The first-order valence-corrected chi connectivity index (χ1v) is 14.9. The number of pyridine rings is 1. The number of aromatic nitrogens is 5. The summed E-state index contributed by atoms with van der Waals surface area (Å²) in [4.78, 5) is 41.4. The van der Waals surface area contributed by atoms with Crippen LogP contribution >= 0.6 is 0 Å². The summed E-state index contributed by atoms with van der Waals surface area (Å²) in [7, 11) is 2.20. The summed E-state index contributed by atoms with van der Waals surface area (Å²) in [5.41, 5.74) is 10.3. The molecular weight excluding hydrogens is 546 g/mol. The number of hydrogen-bond acceptors (Lipinski definition) is 11. The summed E-state index contributed by atoms with van der Waals surface area (Å²) in [5.74, 6) is 0.127. The molecule has 5 N–H and O–H groups in total. The molecule has 0 unspecified atom stereocenters. The number of carbonyl (C=O) groups is 1. The lowest BCUT2D eigenvalue weighted by Gasteiger charge is -2.42. The highest BCUT2D eigenvalue weighted by Gasteiger charge is 2.28. The van der Waals surface area contributed by atoms with E-state index in [2.05, 4.69) is 59.5 Å². The number of amides is 1. The number of benzene rings is 1. The van der Waals surface area contributed by atoms with Crippen molar-refractivity contribution in [3.8, 4) is 11.3 Å². The number of ether oxygens (including phenoxy) is 1. The minimum Gasteiger partial charge on any atom is -0.377 e. The highest BCUT2D eigenvalue weighted by Crippen LogP contribution is 2.33. The Morgan fingerprint density at radius 3 is 2.44 bits per heavy atom. The second-order valence-electron chi connectivity index (χ2n) is 11.5. The number of nitrogens with zero attached hydrogens (tertiary/aromatic N) is 7. The van der Waals surface area contributed by atoms with E-state index in [9.17, 15) is 4.79 Å². The maximum absolute atomic E-state index is 12.6. The summed E-state index contributed by atoms with van der Waals surface area (Å²) in [6, 6.07) is 10.8. The lowest BCUT2D eigenvalue weighted by Crippen LogP contribution is -2.52. The van der Waals surface area contributed by atoms with E-state index in [4.69, 9.17) is 20.4 Å². The molecule has 3 aliphatic rings. The molecule has 3 saturated heterocycles. The molecular formula is C30H37N11O2. The normalized spacial score (nSPS) is 19.0. The van der Waals surface area contributed by atoms with Crippen LogP contribution in [0.4, 0.5) is 23.0 Å². The van der Waals surface area contributed by atoms with E-state index in [1.54, 1.807) is 12.5 Å². The van der Waals surface area contributed by atoms with Gasteiger partial charge in [-0.25, -0.2) is 19.9 Å². The van der Waals surface area contributed by atoms with E-state index >= 15 is 0 Å². The van der Waals surface area contributed by atoms with Gasteiger partial charge >= 0.3 is 0 Å². The number of anilines is 4. The highest BCUT2D eigenvalue weighted by molar-refractivity contribution is 5.99. The maximum Gasteiger partial charge on any atom is 0.271 e. The van der Waals surface area contributed by atoms with Gasteiger partial charge in [-0.2, -0.15) is 0 Å². The van der Waals surface area contributed by atoms with Gasteiger partial charge in [0, 0.05) is 68.4 Å². The summed E-state index contributed by atoms with van der Waals surface area (Å²) in [6.07, 6.45) is 5.59. The van der Waals surface area contributed by atoms with Crippen molar-refractivity contribution in [1.29, 1.82) is 0 Å². The Bertz CT molecular complexity index is 1590. The van der Waals surface area contributed by atoms with Gasteiger partial charge in [0.2, 0.25) is 0 Å². The third-order valence-corrected chi connectivity index (χ3v) is 8.70. The van der Waals surface area contributed by atoms with Crippen LogP contribution < -0.4 is 21.3 Å². The van der Waals surface area contributed by atoms with Crippen molar-refractivity contribution in [2.45, 2.75) is 24.9 Å². The second-order valence-corrected chi connectivity index (χ2v) is 11.5. The number of H-pyrrole nitrogens is 1. The summed E-state index contributed by atoms with van der Waals surface area (Å²) < 4.78 is 5.37. The van der Waals surface area contributed by atoms with Gasteiger partial charge in [0.25, 0.3) is 5.91 Å². The Morgan fingerprint density at radius 1 is 0.977 bits per heavy atom. The van der Waals surface area contributed by atoms with Crippen LogP contribution in [0.2, 0.25) is 0 Å². The quantitative estimate of drug-likeness (QED) is 0.242. The molecule has 13 heteroatoms. The Morgan fingerprint density at radius 2 is 1.74 bits per heavy atom. The first kappa shape index (κ1) is 27.5. The number of hydrogen-bond donors (Lipinski definition) is 4. The number of nitrogens with two attached hydrogens (primary N) is 1. The lowest BCUT2D eigenvalue weighted by atomic mass is 10.0. The first-order valence-electron chi connectivity index (χ1n) is 14.9. The molecule has 7 rings (SSSR count). The molecule has 3 aliphatic heterocycles. The largest absolute Gasteiger partial charge is 0.377 e. The molecule has 0 spiro atoms. The Balaban J connectivity index is 1.11. The van der Waals surface area contributed by atoms with Crippen molar-refractivity contribution < 1.29 is 9.53 Å². The summed E-state index contributed by atoms with van der Waals surface area (Å²) >= 11 is 0. The number of imidazole rings is 1. The SMILES string of the molecule is CN1CCN(C2CCN(c3ccc(Nc4nc(NC5COC5)c(-c5ccnc6nc[nH]c56)nc4C(N)=O)cc3)CC2)CC1. The van der Waals surface area contributed by atoms with Crippen molar-refractivity contribution in [2.75, 3.05) is 75.1 Å². The number of fused-ring (bicyclic) bond motifs is 1. The van der Waals surface area contributed by atoms with Crippen LogP contribution in [0.3, 0.4) is 0 Å². The zero-order chi connectivity index (χ0) is 29.3. The molecule has 224 valence electrons. The number of piperazine rings is 1. The van der Waals surface area contributed by atoms with Crippen LogP contribution in [0.1, 0.15) is 23.3 Å². The zero-order valence-electron chi connectivity index (χ0n) is 24.3. The molecule has 1 aromatic carbocycles. The number of rotatable bonds is 8. The Labute approximate surface area is 249 Å². The van der Waals surface area contributed by atoms with Gasteiger partial charge in [0.1, 0.15) is 5.69 Å². The van der Waals surface area contributed by atoms with E-state index in [1.165, 1.54) is 31.6 Å². The molecule has 6 heterocycles. The topological polar surface area (TPSA) is 153 Å². The van der Waals surface area contributed by atoms with Gasteiger partial charge in [-0.15, -0.1) is 0 Å².